The highest BCUT2D eigenvalue weighted by molar-refractivity contribution is 5.86. The molecule has 9 rings (SSSR count). The van der Waals surface area contributed by atoms with Gasteiger partial charge in [-0.1, -0.05) is 18.2 Å². The summed E-state index contributed by atoms with van der Waals surface area (Å²) >= 11 is 0. The predicted molar refractivity (Wildman–Crippen MR) is 312 cm³/mol. The lowest BCUT2D eigenvalue weighted by Gasteiger charge is -2.21. The first-order valence-electron chi connectivity index (χ1n) is 26.6. The van der Waals surface area contributed by atoms with Crippen LogP contribution in [0.4, 0.5) is 0 Å². The third-order valence-corrected chi connectivity index (χ3v) is 14.7. The van der Waals surface area contributed by atoms with Crippen LogP contribution in [0.15, 0.2) is 82.4 Å². The van der Waals surface area contributed by atoms with Gasteiger partial charge in [0.15, 0.2) is 46.0 Å². The van der Waals surface area contributed by atoms with E-state index in [1.54, 1.807) is 74.0 Å². The molecule has 0 radical (unpaired) electrons. The van der Waals surface area contributed by atoms with Crippen molar-refractivity contribution in [2.75, 3.05) is 71.1 Å². The first-order chi connectivity index (χ1) is 39.8. The number of phenols is 1. The number of carbonyl (C=O) groups is 3. The maximum atomic E-state index is 12.6. The Morgan fingerprint density at radius 1 is 0.386 bits per heavy atom. The minimum Gasteiger partial charge on any atom is -0.508 e. The fraction of sp³-hybridized carbons (Fsp3) is 0.349. The zero-order valence-electron chi connectivity index (χ0n) is 48.9. The number of aromatic hydroxyl groups is 2. The molecule has 20 nitrogen and oxygen atoms in total. The van der Waals surface area contributed by atoms with Crippen molar-refractivity contribution in [1.82, 2.24) is 16.0 Å². The topological polar surface area (TPSA) is 254 Å². The lowest BCUT2D eigenvalue weighted by atomic mass is 9.93. The van der Waals surface area contributed by atoms with Gasteiger partial charge in [-0.2, -0.15) is 0 Å². The summed E-state index contributed by atoms with van der Waals surface area (Å²) < 4.78 is 55.3. The maximum Gasteiger partial charge on any atom is 0.220 e. The van der Waals surface area contributed by atoms with Crippen LogP contribution in [0.1, 0.15) is 91.5 Å². The number of rotatable bonds is 13. The van der Waals surface area contributed by atoms with Crippen LogP contribution < -0.4 is 74.2 Å². The summed E-state index contributed by atoms with van der Waals surface area (Å²) in [5.41, 5.74) is 9.16. The van der Waals surface area contributed by atoms with Crippen LogP contribution >= 0.6 is 0 Å². The van der Waals surface area contributed by atoms with Crippen LogP contribution in [-0.4, -0.2) is 99.0 Å². The summed E-state index contributed by atoms with van der Waals surface area (Å²) in [6.07, 6.45) is 3.87. The second kappa shape index (κ2) is 27.0. The molecule has 0 saturated heterocycles. The molecule has 0 saturated carbocycles. The van der Waals surface area contributed by atoms with Gasteiger partial charge in [-0.25, -0.2) is 0 Å². The van der Waals surface area contributed by atoms with E-state index in [4.69, 9.17) is 47.4 Å². The highest BCUT2D eigenvalue weighted by Gasteiger charge is 2.33. The number of methoxy groups -OCH3 is 10. The monoisotopic (exact) mass is 1140 g/mol. The molecule has 6 aromatic carbocycles. The standard InChI is InChI=1S/C22H25NO6.C21H23NO6.C20H23NO5/c1-12(24)23-16-8-6-13-10-19(27-3)21(28-4)22(29-5)20(13)14-7-9-18(26-2)17(25)11-15(14)16;1-11(23)22-15-7-5-12-9-18(26-2)20(27-3)21(28-4)19(12)13-6-8-16(24)17(25)10-14(13)15;1-11(22)21-16-8-5-12-9-17(24-2)19(25-3)20(26-4)18(12)14-7-6-13(23)10-15(14)16/h7,9-11,16H,6,8H2,1-5H3,(H,23,24);6,8-10,15H,5,7H2,1-4H3,(H,22,23)(H,24,25);6-7,9-10,16,23H,5,8H2,1-4H3,(H,21,22)/t16-;15-;16-/m000/s1. The smallest absolute Gasteiger partial charge is 0.220 e. The van der Waals surface area contributed by atoms with Crippen LogP contribution in [0, 0.1) is 0 Å². The van der Waals surface area contributed by atoms with Crippen molar-refractivity contribution in [3.05, 3.63) is 127 Å². The number of phenolic OH excluding ortho intramolecular Hbond substituents is 1. The maximum absolute atomic E-state index is 12.6. The number of ether oxygens (including phenoxy) is 10. The minimum atomic E-state index is -0.514. The van der Waals surface area contributed by atoms with Crippen molar-refractivity contribution in [1.29, 1.82) is 0 Å². The SMILES string of the molecule is COc1cc2c(c(OC)c1OC)-c1ccc(O)c(=O)cc1[C@@H](NC(C)=O)CC2.COc1cc2c(c(OC)c1OC)-c1ccc(O)cc1[C@@H](NC(C)=O)CC2.COc1cc2c(c(OC)c1OC)-c1ccc(OC)c(=O)cc1[C@@H](NC(C)=O)CC2. The largest absolute Gasteiger partial charge is 0.508 e. The second-order valence-corrected chi connectivity index (χ2v) is 19.6. The molecule has 0 aromatic heterocycles. The molecule has 6 aromatic rings. The van der Waals surface area contributed by atoms with Gasteiger partial charge in [0.2, 0.25) is 45.8 Å². The number of carbonyl (C=O) groups excluding carboxylic acids is 3. The molecule has 20 heteroatoms. The van der Waals surface area contributed by atoms with Crippen molar-refractivity contribution < 1.29 is 72.0 Å². The van der Waals surface area contributed by atoms with Crippen molar-refractivity contribution in [3.8, 4) is 102 Å². The van der Waals surface area contributed by atoms with E-state index in [9.17, 15) is 34.2 Å². The van der Waals surface area contributed by atoms with Gasteiger partial charge in [0.05, 0.1) is 89.2 Å². The molecule has 3 atom stereocenters. The number of amides is 3. The Kier molecular flexibility index (Phi) is 19.9. The zero-order chi connectivity index (χ0) is 60.4. The fourth-order valence-electron chi connectivity index (χ4n) is 11.2. The van der Waals surface area contributed by atoms with Crippen LogP contribution in [-0.2, 0) is 33.6 Å². The van der Waals surface area contributed by atoms with Gasteiger partial charge in [0, 0.05) is 37.5 Å². The minimum absolute atomic E-state index is 0.114. The van der Waals surface area contributed by atoms with E-state index in [-0.39, 0.29) is 58.5 Å². The van der Waals surface area contributed by atoms with E-state index in [2.05, 4.69) is 16.0 Å². The average molecular weight is 1140 g/mol. The molecule has 0 aliphatic heterocycles. The van der Waals surface area contributed by atoms with Crippen molar-refractivity contribution in [3.63, 3.8) is 0 Å². The molecular weight excluding hydrogens is 1070 g/mol. The van der Waals surface area contributed by atoms with E-state index in [0.29, 0.717) is 107 Å². The van der Waals surface area contributed by atoms with Gasteiger partial charge in [-0.05, 0) is 143 Å². The van der Waals surface area contributed by atoms with E-state index >= 15 is 0 Å². The fourth-order valence-corrected chi connectivity index (χ4v) is 11.2. The Hall–Kier alpha value is -9.33. The Bertz CT molecular complexity index is 3570. The summed E-state index contributed by atoms with van der Waals surface area (Å²) in [5.74, 6) is 4.22. The molecule has 440 valence electrons. The van der Waals surface area contributed by atoms with Crippen molar-refractivity contribution >= 4 is 17.7 Å². The van der Waals surface area contributed by atoms with Crippen molar-refractivity contribution in [2.45, 2.75) is 77.4 Å². The Balaban J connectivity index is 0.000000179. The molecule has 0 heterocycles. The number of fused-ring (bicyclic) bond motifs is 9. The summed E-state index contributed by atoms with van der Waals surface area (Å²) in [5, 5.41) is 28.8. The number of nitrogens with one attached hydrogen (secondary N) is 3. The normalized spacial score (nSPS) is 15.0. The molecule has 3 aliphatic rings. The molecule has 0 spiro atoms. The first kappa shape index (κ1) is 61.3. The lowest BCUT2D eigenvalue weighted by molar-refractivity contribution is -0.120. The quantitative estimate of drug-likeness (QED) is 0.0725. The Labute approximate surface area is 481 Å². The summed E-state index contributed by atoms with van der Waals surface area (Å²) in [7, 11) is 15.5. The number of aryl methyl sites for hydroxylation is 3. The van der Waals surface area contributed by atoms with E-state index in [1.165, 1.54) is 60.3 Å². The van der Waals surface area contributed by atoms with Gasteiger partial charge in [0.25, 0.3) is 0 Å². The summed E-state index contributed by atoms with van der Waals surface area (Å²) in [6, 6.07) is 19.4. The Morgan fingerprint density at radius 2 is 0.699 bits per heavy atom. The predicted octanol–water partition coefficient (Wildman–Crippen LogP) is 8.65. The van der Waals surface area contributed by atoms with Crippen LogP contribution in [0.5, 0.6) is 69.0 Å². The molecule has 0 unspecified atom stereocenters. The zero-order valence-corrected chi connectivity index (χ0v) is 48.9. The average Bonchev–Trinajstić information content (AvgIpc) is 4.09. The van der Waals surface area contributed by atoms with Crippen LogP contribution in [0.3, 0.4) is 0 Å². The molecule has 0 bridgehead atoms. The van der Waals surface area contributed by atoms with Gasteiger partial charge in [-0.15, -0.1) is 0 Å². The molecular formula is C63H71N3O17. The number of hydrogen-bond donors (Lipinski definition) is 5. The van der Waals surface area contributed by atoms with Crippen molar-refractivity contribution in [2.24, 2.45) is 0 Å². The van der Waals surface area contributed by atoms with E-state index in [0.717, 1.165) is 50.1 Å². The molecule has 5 N–H and O–H groups in total. The highest BCUT2D eigenvalue weighted by atomic mass is 16.5. The second-order valence-electron chi connectivity index (χ2n) is 19.6. The lowest BCUT2D eigenvalue weighted by Crippen LogP contribution is -2.26. The third kappa shape index (κ3) is 12.8. The van der Waals surface area contributed by atoms with Crippen LogP contribution in [0.2, 0.25) is 0 Å². The molecule has 0 fully saturated rings. The summed E-state index contributed by atoms with van der Waals surface area (Å²) in [6.45, 7) is 4.39. The van der Waals surface area contributed by atoms with Gasteiger partial charge < -0.3 is 73.5 Å². The van der Waals surface area contributed by atoms with Gasteiger partial charge >= 0.3 is 0 Å². The van der Waals surface area contributed by atoms with Crippen LogP contribution in [0.25, 0.3) is 33.4 Å². The van der Waals surface area contributed by atoms with E-state index in [1.807, 2.05) is 30.3 Å². The van der Waals surface area contributed by atoms with Gasteiger partial charge in [-0.3, -0.25) is 24.0 Å². The Morgan fingerprint density at radius 3 is 1.02 bits per heavy atom. The van der Waals surface area contributed by atoms with E-state index < -0.39 is 5.43 Å². The molecule has 3 aliphatic carbocycles. The first-order valence-corrected chi connectivity index (χ1v) is 26.6. The summed E-state index contributed by atoms with van der Waals surface area (Å²) in [4.78, 5) is 60.2. The van der Waals surface area contributed by atoms with Gasteiger partial charge in [0.1, 0.15) is 5.75 Å². The molecule has 83 heavy (non-hydrogen) atoms. The number of hydrogen-bond acceptors (Lipinski definition) is 17. The highest BCUT2D eigenvalue weighted by Crippen LogP contribution is 2.53. The molecule has 3 amide bonds. The number of benzene rings is 4. The third-order valence-electron chi connectivity index (χ3n) is 14.7.